The molecular weight excluding hydrogens is 558 g/mol. The van der Waals surface area contributed by atoms with Crippen molar-refractivity contribution in [2.45, 2.75) is 18.4 Å². The molecule has 3 atom stereocenters. The van der Waals surface area contributed by atoms with Gasteiger partial charge in [0.25, 0.3) is 0 Å². The quantitative estimate of drug-likeness (QED) is 0.222. The largest absolute Gasteiger partial charge is 0.455 e. The minimum Gasteiger partial charge on any atom is -0.455 e. The fourth-order valence-corrected chi connectivity index (χ4v) is 8.73. The van der Waals surface area contributed by atoms with Crippen LogP contribution in [0.15, 0.2) is 162 Å². The van der Waals surface area contributed by atoms with Crippen molar-refractivity contribution in [3.8, 4) is 22.3 Å². The third-order valence-electron chi connectivity index (χ3n) is 10.7. The minimum atomic E-state index is -0.397. The second-order valence-electron chi connectivity index (χ2n) is 12.9. The van der Waals surface area contributed by atoms with Crippen LogP contribution in [0, 0.1) is 5.92 Å². The maximum atomic E-state index is 6.71. The zero-order valence-electron chi connectivity index (χ0n) is 25.5. The Labute approximate surface area is 268 Å². The van der Waals surface area contributed by atoms with Crippen LogP contribution in [0.25, 0.3) is 49.8 Å². The molecular formula is C44H31NO. The summed E-state index contributed by atoms with van der Waals surface area (Å²) in [4.78, 5) is 0. The van der Waals surface area contributed by atoms with Crippen molar-refractivity contribution in [3.63, 3.8) is 0 Å². The molecule has 1 aromatic heterocycles. The van der Waals surface area contributed by atoms with E-state index in [0.29, 0.717) is 0 Å². The first-order valence-corrected chi connectivity index (χ1v) is 16.2. The van der Waals surface area contributed by atoms with E-state index in [9.17, 15) is 0 Å². The van der Waals surface area contributed by atoms with Gasteiger partial charge in [0.15, 0.2) is 0 Å². The first-order valence-electron chi connectivity index (χ1n) is 16.2. The third kappa shape index (κ3) is 3.31. The maximum Gasteiger partial charge on any atom is 0.143 e. The van der Waals surface area contributed by atoms with Gasteiger partial charge < -0.3 is 9.73 Å². The highest BCUT2D eigenvalue weighted by Gasteiger charge is 2.55. The molecule has 0 saturated heterocycles. The van der Waals surface area contributed by atoms with E-state index < -0.39 is 5.41 Å². The van der Waals surface area contributed by atoms with Crippen LogP contribution in [0.2, 0.25) is 0 Å². The molecule has 3 aliphatic rings. The third-order valence-corrected chi connectivity index (χ3v) is 10.7. The Hall–Kier alpha value is -5.60. The number of nitrogens with one attached hydrogen (secondary N) is 1. The predicted octanol–water partition coefficient (Wildman–Crippen LogP) is 11.0. The lowest BCUT2D eigenvalue weighted by molar-refractivity contribution is 0.554. The molecule has 0 bridgehead atoms. The van der Waals surface area contributed by atoms with Gasteiger partial charge in [0.1, 0.15) is 11.2 Å². The van der Waals surface area contributed by atoms with Gasteiger partial charge in [0, 0.05) is 27.9 Å². The molecule has 6 aromatic carbocycles. The van der Waals surface area contributed by atoms with E-state index >= 15 is 0 Å². The Bertz CT molecular complexity index is 2410. The highest BCUT2D eigenvalue weighted by Crippen LogP contribution is 2.65. The molecule has 1 N–H and O–H groups in total. The number of anilines is 1. The van der Waals surface area contributed by atoms with Crippen LogP contribution in [-0.2, 0) is 5.41 Å². The Balaban J connectivity index is 1.15. The summed E-state index contributed by atoms with van der Waals surface area (Å²) in [6.07, 6.45) is 4.74. The summed E-state index contributed by atoms with van der Waals surface area (Å²) in [7, 11) is 0. The molecule has 0 fully saturated rings. The Morgan fingerprint density at radius 3 is 2.09 bits per heavy atom. The van der Waals surface area contributed by atoms with Crippen molar-refractivity contribution in [3.05, 3.63) is 180 Å². The van der Waals surface area contributed by atoms with Gasteiger partial charge >= 0.3 is 0 Å². The van der Waals surface area contributed by atoms with Gasteiger partial charge in [-0.25, -0.2) is 0 Å². The maximum absolute atomic E-state index is 6.71. The molecule has 0 aliphatic heterocycles. The minimum absolute atomic E-state index is 0.138. The topological polar surface area (TPSA) is 25.2 Å². The molecule has 46 heavy (non-hydrogen) atoms. The monoisotopic (exact) mass is 589 g/mol. The fourth-order valence-electron chi connectivity index (χ4n) is 8.73. The average Bonchev–Trinajstić information content (AvgIpc) is 3.74. The highest BCUT2D eigenvalue weighted by molar-refractivity contribution is 6.13. The molecule has 0 saturated carbocycles. The van der Waals surface area contributed by atoms with Gasteiger partial charge in [0.2, 0.25) is 0 Å². The van der Waals surface area contributed by atoms with E-state index in [2.05, 4.69) is 164 Å². The van der Waals surface area contributed by atoms with Crippen molar-refractivity contribution >= 4 is 33.2 Å². The highest BCUT2D eigenvalue weighted by atomic mass is 16.3. The summed E-state index contributed by atoms with van der Waals surface area (Å²) in [6, 6.07) is 50.8. The van der Waals surface area contributed by atoms with E-state index in [1.54, 1.807) is 0 Å². The van der Waals surface area contributed by atoms with Gasteiger partial charge in [0.05, 0.1) is 11.5 Å². The smallest absolute Gasteiger partial charge is 0.143 e. The normalized spacial score (nSPS) is 20.6. The molecule has 1 heterocycles. The fraction of sp³-hybridized carbons (Fsp3) is 0.0909. The molecule has 3 aliphatic carbocycles. The van der Waals surface area contributed by atoms with Crippen molar-refractivity contribution in [2.75, 3.05) is 5.32 Å². The molecule has 2 nitrogen and oxygen atoms in total. The summed E-state index contributed by atoms with van der Waals surface area (Å²) in [5.41, 5.74) is 15.8. The lowest BCUT2D eigenvalue weighted by Crippen LogP contribution is -2.37. The van der Waals surface area contributed by atoms with E-state index in [0.717, 1.165) is 16.9 Å². The summed E-state index contributed by atoms with van der Waals surface area (Å²) < 4.78 is 6.71. The van der Waals surface area contributed by atoms with Gasteiger partial charge in [-0.3, -0.25) is 0 Å². The van der Waals surface area contributed by atoms with Gasteiger partial charge in [-0.15, -0.1) is 0 Å². The van der Waals surface area contributed by atoms with Crippen LogP contribution in [0.1, 0.15) is 29.2 Å². The van der Waals surface area contributed by atoms with Crippen molar-refractivity contribution in [2.24, 2.45) is 5.92 Å². The average molecular weight is 590 g/mol. The molecule has 10 rings (SSSR count). The van der Waals surface area contributed by atoms with Crippen molar-refractivity contribution in [1.82, 2.24) is 0 Å². The van der Waals surface area contributed by atoms with Crippen LogP contribution in [0.3, 0.4) is 0 Å². The number of rotatable bonds is 3. The van der Waals surface area contributed by atoms with Gasteiger partial charge in [-0.2, -0.15) is 0 Å². The molecule has 2 heteroatoms. The number of benzene rings is 6. The van der Waals surface area contributed by atoms with E-state index in [4.69, 9.17) is 4.42 Å². The number of para-hydroxylation sites is 1. The molecule has 0 radical (unpaired) electrons. The zero-order chi connectivity index (χ0) is 30.4. The zero-order valence-corrected chi connectivity index (χ0v) is 25.5. The predicted molar refractivity (Wildman–Crippen MR) is 190 cm³/mol. The molecule has 218 valence electrons. The van der Waals surface area contributed by atoms with Crippen LogP contribution in [-0.4, -0.2) is 6.04 Å². The van der Waals surface area contributed by atoms with Crippen LogP contribution >= 0.6 is 0 Å². The van der Waals surface area contributed by atoms with Gasteiger partial charge in [-0.05, 0) is 68.3 Å². The summed E-state index contributed by atoms with van der Waals surface area (Å²) >= 11 is 0. The standard InChI is InChI=1S/C44H31NO/c1-27-39(45-30-21-19-29(20-22-30)28-11-3-2-4-12-28)26-24-33-31-13-5-8-16-36(31)44(42(27)33)37-17-9-6-15-35(37)41-38(44)25-23-34-32-14-7-10-18-40(32)46-43(34)41/h2-27,39,45H,1H3. The lowest BCUT2D eigenvalue weighted by atomic mass is 9.64. The van der Waals surface area contributed by atoms with Crippen molar-refractivity contribution in [1.29, 1.82) is 0 Å². The second-order valence-corrected chi connectivity index (χ2v) is 12.9. The Morgan fingerprint density at radius 1 is 0.587 bits per heavy atom. The Kier molecular flexibility index (Phi) is 5.28. The number of furan rings is 1. The SMILES string of the molecule is CC1C2=C(C=CC1Nc1ccc(-c3ccccc3)cc1)c1ccccc1C21c2ccccc2-c2c1ccc1c2oc2ccccc21. The second kappa shape index (κ2) is 9.45. The number of fused-ring (bicyclic) bond motifs is 13. The summed E-state index contributed by atoms with van der Waals surface area (Å²) in [6.45, 7) is 2.41. The summed E-state index contributed by atoms with van der Waals surface area (Å²) in [5.74, 6) is 0.228. The molecule has 0 amide bonds. The van der Waals surface area contributed by atoms with E-state index in [-0.39, 0.29) is 12.0 Å². The number of hydrogen-bond donors (Lipinski definition) is 1. The van der Waals surface area contributed by atoms with E-state index in [1.807, 2.05) is 0 Å². The van der Waals surface area contributed by atoms with E-state index in [1.165, 1.54) is 66.4 Å². The summed E-state index contributed by atoms with van der Waals surface area (Å²) in [5, 5.41) is 6.26. The lowest BCUT2D eigenvalue weighted by Gasteiger charge is -2.39. The molecule has 1 spiro atoms. The first kappa shape index (κ1) is 25.7. The number of allylic oxidation sites excluding steroid dienone is 2. The van der Waals surface area contributed by atoms with Crippen molar-refractivity contribution < 1.29 is 4.42 Å². The molecule has 3 unspecified atom stereocenters. The first-order chi connectivity index (χ1) is 22.7. The van der Waals surface area contributed by atoms with Crippen LogP contribution < -0.4 is 5.32 Å². The van der Waals surface area contributed by atoms with Crippen LogP contribution in [0.4, 0.5) is 5.69 Å². The number of hydrogen-bond acceptors (Lipinski definition) is 2. The Morgan fingerprint density at radius 2 is 1.26 bits per heavy atom. The molecule has 7 aromatic rings. The van der Waals surface area contributed by atoms with Crippen LogP contribution in [0.5, 0.6) is 0 Å². The van der Waals surface area contributed by atoms with Gasteiger partial charge in [-0.1, -0.05) is 140 Å².